The third-order valence-electron chi connectivity index (χ3n) is 7.75. The van der Waals surface area contributed by atoms with E-state index in [0.29, 0.717) is 43.0 Å². The molecule has 1 unspecified atom stereocenters. The van der Waals surface area contributed by atoms with Gasteiger partial charge in [-0.3, -0.25) is 9.69 Å². The number of nitrogens with one attached hydrogen (secondary N) is 1. The minimum atomic E-state index is -4.44. The van der Waals surface area contributed by atoms with Gasteiger partial charge in [-0.05, 0) is 59.7 Å². The average Bonchev–Trinajstić information content (AvgIpc) is 3.03. The van der Waals surface area contributed by atoms with Crippen LogP contribution in [0.4, 0.5) is 27.6 Å². The normalized spacial score (nSPS) is 16.7. The fraction of sp³-hybridized carbons (Fsp3) is 0.375. The first-order chi connectivity index (χ1) is 21.8. The molecule has 1 fully saturated rings. The molecule has 46 heavy (non-hydrogen) atoms. The first-order valence-corrected chi connectivity index (χ1v) is 16.1. The maximum Gasteiger partial charge on any atom is 0.416 e. The van der Waals surface area contributed by atoms with Crippen LogP contribution >= 0.6 is 0 Å². The summed E-state index contributed by atoms with van der Waals surface area (Å²) in [5.41, 5.74) is 1.42. The Hall–Kier alpha value is -4.06. The molecular formula is C32H33F5N4O4S. The zero-order chi connectivity index (χ0) is 33.5. The minimum absolute atomic E-state index is 0.0493. The number of alkyl halides is 5. The second-order valence-electron chi connectivity index (χ2n) is 10.8. The van der Waals surface area contributed by atoms with Crippen LogP contribution in [0.1, 0.15) is 46.4 Å². The van der Waals surface area contributed by atoms with Crippen molar-refractivity contribution in [3.8, 4) is 6.07 Å². The molecule has 1 aliphatic rings. The molecule has 1 saturated heterocycles. The predicted octanol–water partition coefficient (Wildman–Crippen LogP) is 5.81. The Labute approximate surface area is 264 Å². The van der Waals surface area contributed by atoms with E-state index in [1.165, 1.54) is 31.2 Å². The molecule has 0 spiro atoms. The summed E-state index contributed by atoms with van der Waals surface area (Å²) in [7, 11) is -3.41. The van der Waals surface area contributed by atoms with Crippen LogP contribution in [0, 0.1) is 11.3 Å². The van der Waals surface area contributed by atoms with E-state index in [1.807, 2.05) is 15.9 Å². The van der Waals surface area contributed by atoms with Gasteiger partial charge in [-0.25, -0.2) is 8.42 Å². The van der Waals surface area contributed by atoms with Crippen molar-refractivity contribution in [1.29, 1.82) is 5.26 Å². The SMILES string of the molecule is CCS(=O)(=O)c1ccc(C(CC#N)NC(=O)c2ccc(N3CCN(Cc4ccc(C(F)(F)F)cc4)C[C@H]3COC(F)F)cc2)cc1. The number of nitrogens with zero attached hydrogens (tertiary/aromatic N) is 3. The zero-order valence-corrected chi connectivity index (χ0v) is 25.7. The summed E-state index contributed by atoms with van der Waals surface area (Å²) < 4.78 is 93.6. The molecule has 2 atom stereocenters. The number of carbonyl (C=O) groups is 1. The predicted molar refractivity (Wildman–Crippen MR) is 161 cm³/mol. The Morgan fingerprint density at radius 3 is 2.24 bits per heavy atom. The summed E-state index contributed by atoms with van der Waals surface area (Å²) in [6, 6.07) is 18.2. The van der Waals surface area contributed by atoms with Crippen molar-refractivity contribution in [2.75, 3.05) is 36.9 Å². The minimum Gasteiger partial charge on any atom is -0.364 e. The Morgan fingerprint density at radius 2 is 1.67 bits per heavy atom. The number of piperazine rings is 1. The first kappa shape index (κ1) is 34.8. The number of halogens is 5. The van der Waals surface area contributed by atoms with Crippen molar-refractivity contribution < 1.29 is 39.9 Å². The molecule has 4 rings (SSSR count). The van der Waals surface area contributed by atoms with Gasteiger partial charge in [0.25, 0.3) is 5.91 Å². The van der Waals surface area contributed by atoms with E-state index in [1.54, 1.807) is 36.4 Å². The second-order valence-corrected chi connectivity index (χ2v) is 13.1. The smallest absolute Gasteiger partial charge is 0.364 e. The highest BCUT2D eigenvalue weighted by molar-refractivity contribution is 7.91. The maximum absolute atomic E-state index is 13.1. The van der Waals surface area contributed by atoms with E-state index in [0.717, 1.165) is 12.1 Å². The highest BCUT2D eigenvalue weighted by atomic mass is 32.2. The summed E-state index contributed by atoms with van der Waals surface area (Å²) in [4.78, 5) is 17.1. The van der Waals surface area contributed by atoms with Crippen LogP contribution < -0.4 is 10.2 Å². The molecule has 8 nitrogen and oxygen atoms in total. The molecule has 0 bridgehead atoms. The monoisotopic (exact) mass is 664 g/mol. The Bertz CT molecular complexity index is 1610. The van der Waals surface area contributed by atoms with Gasteiger partial charge in [-0.1, -0.05) is 31.2 Å². The Kier molecular flexibility index (Phi) is 11.4. The number of sulfone groups is 1. The Morgan fingerprint density at radius 1 is 1.02 bits per heavy atom. The van der Waals surface area contributed by atoms with Crippen molar-refractivity contribution in [2.24, 2.45) is 0 Å². The summed E-state index contributed by atoms with van der Waals surface area (Å²) in [5, 5.41) is 12.1. The second kappa shape index (κ2) is 15.0. The van der Waals surface area contributed by atoms with E-state index in [9.17, 15) is 40.4 Å². The van der Waals surface area contributed by atoms with E-state index < -0.39 is 46.2 Å². The Balaban J connectivity index is 1.43. The largest absolute Gasteiger partial charge is 0.416 e. The third kappa shape index (κ3) is 9.02. The summed E-state index contributed by atoms with van der Waals surface area (Å²) >= 11 is 0. The lowest BCUT2D eigenvalue weighted by molar-refractivity contribution is -0.137. The third-order valence-corrected chi connectivity index (χ3v) is 9.50. The van der Waals surface area contributed by atoms with Gasteiger partial charge in [0, 0.05) is 37.4 Å². The van der Waals surface area contributed by atoms with E-state index in [2.05, 4.69) is 10.1 Å². The molecule has 1 amide bonds. The number of benzene rings is 3. The number of anilines is 1. The standard InChI is InChI=1S/C32H33F5N4O4S/c1-2-46(43,44)28-13-7-23(8-14-28)29(15-16-38)39-30(42)24-5-11-26(12-6-24)41-18-17-40(20-27(41)21-45-31(33)34)19-22-3-9-25(10-4-22)32(35,36)37/h3-14,27,29,31H,2,15,17-21H2,1H3,(H,39,42)/t27-,29?/m0/s1. The lowest BCUT2D eigenvalue weighted by atomic mass is 10.0. The molecular weight excluding hydrogens is 631 g/mol. The topological polar surface area (TPSA) is 103 Å². The maximum atomic E-state index is 13.1. The lowest BCUT2D eigenvalue weighted by Crippen LogP contribution is -2.55. The van der Waals surface area contributed by atoms with Gasteiger partial charge in [-0.2, -0.15) is 27.2 Å². The molecule has 246 valence electrons. The van der Waals surface area contributed by atoms with Gasteiger partial charge < -0.3 is 15.0 Å². The summed E-state index contributed by atoms with van der Waals surface area (Å²) in [6.07, 6.45) is -4.49. The fourth-order valence-electron chi connectivity index (χ4n) is 5.25. The van der Waals surface area contributed by atoms with Crippen LogP contribution in [-0.4, -0.2) is 63.9 Å². The van der Waals surface area contributed by atoms with Gasteiger partial charge in [0.2, 0.25) is 0 Å². The van der Waals surface area contributed by atoms with Gasteiger partial charge in [0.05, 0.1) is 47.4 Å². The van der Waals surface area contributed by atoms with Crippen LogP contribution in [-0.2, 0) is 27.3 Å². The number of hydrogen-bond donors (Lipinski definition) is 1. The van der Waals surface area contributed by atoms with Crippen molar-refractivity contribution in [3.63, 3.8) is 0 Å². The number of carbonyl (C=O) groups excluding carboxylic acids is 1. The number of hydrogen-bond acceptors (Lipinski definition) is 7. The quantitative estimate of drug-likeness (QED) is 0.244. The molecule has 1 aliphatic heterocycles. The van der Waals surface area contributed by atoms with Crippen LogP contribution in [0.3, 0.4) is 0 Å². The van der Waals surface area contributed by atoms with Gasteiger partial charge in [-0.15, -0.1) is 0 Å². The fourth-order valence-corrected chi connectivity index (χ4v) is 6.13. The van der Waals surface area contributed by atoms with Crippen molar-refractivity contribution in [3.05, 3.63) is 95.1 Å². The molecule has 3 aromatic carbocycles. The highest BCUT2D eigenvalue weighted by Crippen LogP contribution is 2.30. The van der Waals surface area contributed by atoms with Crippen LogP contribution in [0.2, 0.25) is 0 Å². The van der Waals surface area contributed by atoms with Gasteiger partial charge >= 0.3 is 12.8 Å². The molecule has 0 radical (unpaired) electrons. The first-order valence-electron chi connectivity index (χ1n) is 14.5. The van der Waals surface area contributed by atoms with Crippen molar-refractivity contribution in [1.82, 2.24) is 10.2 Å². The van der Waals surface area contributed by atoms with E-state index >= 15 is 0 Å². The molecule has 1 heterocycles. The highest BCUT2D eigenvalue weighted by Gasteiger charge is 2.31. The van der Waals surface area contributed by atoms with Crippen molar-refractivity contribution >= 4 is 21.4 Å². The molecule has 0 aliphatic carbocycles. The van der Waals surface area contributed by atoms with Crippen LogP contribution in [0.5, 0.6) is 0 Å². The zero-order valence-electron chi connectivity index (χ0n) is 24.9. The molecule has 14 heteroatoms. The summed E-state index contributed by atoms with van der Waals surface area (Å²) in [5.74, 6) is -0.518. The van der Waals surface area contributed by atoms with Gasteiger partial charge in [0.1, 0.15) is 0 Å². The van der Waals surface area contributed by atoms with E-state index in [-0.39, 0.29) is 29.2 Å². The van der Waals surface area contributed by atoms with Crippen molar-refractivity contribution in [2.45, 2.75) is 49.7 Å². The van der Waals surface area contributed by atoms with Crippen LogP contribution in [0.25, 0.3) is 0 Å². The lowest BCUT2D eigenvalue weighted by Gasteiger charge is -2.42. The number of amides is 1. The average molecular weight is 665 g/mol. The molecule has 1 N–H and O–H groups in total. The number of ether oxygens (including phenoxy) is 1. The summed E-state index contributed by atoms with van der Waals surface area (Å²) in [6.45, 7) is -0.178. The molecule has 3 aromatic rings. The molecule has 0 saturated carbocycles. The number of nitriles is 1. The van der Waals surface area contributed by atoms with Crippen LogP contribution in [0.15, 0.2) is 77.7 Å². The van der Waals surface area contributed by atoms with Gasteiger partial charge in [0.15, 0.2) is 9.84 Å². The molecule has 0 aromatic heterocycles. The number of rotatable bonds is 12. The van der Waals surface area contributed by atoms with E-state index in [4.69, 9.17) is 0 Å².